The Kier molecular flexibility index (Phi) is 40.9. The summed E-state index contributed by atoms with van der Waals surface area (Å²) in [6.45, 7) is 4.31. The zero-order valence-electron chi connectivity index (χ0n) is 39.9. The number of carbonyl (C=O) groups is 3. The van der Waals surface area contributed by atoms with Crippen molar-refractivity contribution >= 4 is 17.9 Å². The molecule has 2 atom stereocenters. The first-order valence-electron chi connectivity index (χ1n) is 23.8. The van der Waals surface area contributed by atoms with Gasteiger partial charge >= 0.3 is 11.9 Å². The van der Waals surface area contributed by atoms with E-state index in [0.29, 0.717) is 6.42 Å². The fourth-order valence-electron chi connectivity index (χ4n) is 6.10. The van der Waals surface area contributed by atoms with Gasteiger partial charge in [-0.1, -0.05) is 186 Å². The number of hydrogen-bond acceptors (Lipinski definition) is 7. The first-order chi connectivity index (χ1) is 30.6. The van der Waals surface area contributed by atoms with Crippen molar-refractivity contribution < 1.29 is 38.2 Å². The molecule has 63 heavy (non-hydrogen) atoms. The van der Waals surface area contributed by atoms with Crippen molar-refractivity contribution in [1.82, 2.24) is 0 Å². The maximum atomic E-state index is 12.8. The number of hydrogen-bond donors (Lipinski definition) is 0. The summed E-state index contributed by atoms with van der Waals surface area (Å²) in [6, 6.07) is -0.745. The average Bonchev–Trinajstić information content (AvgIpc) is 3.24. The summed E-state index contributed by atoms with van der Waals surface area (Å²) in [6.07, 6.45) is 63.3. The van der Waals surface area contributed by atoms with Gasteiger partial charge in [0.25, 0.3) is 0 Å². The van der Waals surface area contributed by atoms with E-state index in [4.69, 9.17) is 14.2 Å². The van der Waals surface area contributed by atoms with Gasteiger partial charge < -0.3 is 28.6 Å². The number of rotatable bonds is 40. The van der Waals surface area contributed by atoms with Crippen LogP contribution in [0, 0.1) is 0 Å². The van der Waals surface area contributed by atoms with Crippen LogP contribution in [0.2, 0.25) is 0 Å². The van der Waals surface area contributed by atoms with Crippen molar-refractivity contribution in [1.29, 1.82) is 0 Å². The summed E-state index contributed by atoms with van der Waals surface area (Å²) in [4.78, 5) is 37.0. The fraction of sp³-hybridized carbons (Fsp3) is 0.545. The van der Waals surface area contributed by atoms with Crippen LogP contribution >= 0.6 is 0 Å². The third-order valence-corrected chi connectivity index (χ3v) is 9.73. The molecule has 0 spiro atoms. The summed E-state index contributed by atoms with van der Waals surface area (Å²) in [5, 5.41) is 11.7. The summed E-state index contributed by atoms with van der Waals surface area (Å²) in [5.41, 5.74) is 0. The molecule has 0 heterocycles. The van der Waals surface area contributed by atoms with Crippen molar-refractivity contribution in [2.75, 3.05) is 41.0 Å². The molecule has 0 aliphatic heterocycles. The molecule has 0 aliphatic rings. The number of ether oxygens (including phenoxy) is 3. The van der Waals surface area contributed by atoms with Crippen molar-refractivity contribution in [2.24, 2.45) is 0 Å². The lowest BCUT2D eigenvalue weighted by atomic mass is 10.1. The largest absolute Gasteiger partial charge is 0.544 e. The minimum Gasteiger partial charge on any atom is -0.544 e. The van der Waals surface area contributed by atoms with E-state index in [0.717, 1.165) is 83.5 Å². The van der Waals surface area contributed by atoms with Gasteiger partial charge in [0.2, 0.25) is 0 Å². The van der Waals surface area contributed by atoms with E-state index in [1.807, 2.05) is 72.9 Å². The molecule has 0 fully saturated rings. The lowest BCUT2D eigenvalue weighted by Crippen LogP contribution is -2.55. The Labute approximate surface area is 383 Å². The second-order valence-corrected chi connectivity index (χ2v) is 16.4. The highest BCUT2D eigenvalue weighted by atomic mass is 16.6. The quantitative estimate of drug-likeness (QED) is 0.0199. The number of aliphatic carboxylic acids is 1. The Morgan fingerprint density at radius 2 is 0.921 bits per heavy atom. The highest BCUT2D eigenvalue weighted by molar-refractivity contribution is 5.70. The molecule has 0 bridgehead atoms. The molecule has 0 aromatic carbocycles. The molecule has 0 radical (unpaired) electrons. The minimum absolute atomic E-state index is 0.0106. The van der Waals surface area contributed by atoms with Gasteiger partial charge in [0.1, 0.15) is 12.6 Å². The fourth-order valence-corrected chi connectivity index (χ4v) is 6.10. The van der Waals surface area contributed by atoms with Gasteiger partial charge in [0, 0.05) is 19.3 Å². The highest BCUT2D eigenvalue weighted by Crippen LogP contribution is 2.13. The number of allylic oxidation sites excluding steroid dienone is 22. The molecule has 0 rings (SSSR count). The third kappa shape index (κ3) is 42.5. The first kappa shape index (κ1) is 58.5. The van der Waals surface area contributed by atoms with Crippen LogP contribution in [0.3, 0.4) is 0 Å². The number of carboxylic acids is 1. The van der Waals surface area contributed by atoms with Gasteiger partial charge in [-0.2, -0.15) is 0 Å². The number of carbonyl (C=O) groups excluding carboxylic acids is 3. The van der Waals surface area contributed by atoms with Crippen LogP contribution in [-0.2, 0) is 28.6 Å². The standard InChI is InChI=1S/C55H85NO7/c1-6-8-10-12-14-16-18-20-22-24-26-28-30-32-34-36-38-40-42-44-46-54(58)63-51(49-61-48-47-52(55(59)60)56(3,4)5)50-62-53(57)45-43-41-39-37-35-33-31-29-27-25-23-21-19-17-15-13-11-9-7-2/h8-11,13-17,19-23,25-29,31,33,35,51-52H,6-7,12,18,24,30,32,34,36-50H2,1-5H3/b10-8+,11-9+,15-13+,16-14+,19-17+,22-20+,23-21+,27-25+,28-26+,31-29+,35-33+. The van der Waals surface area contributed by atoms with Crippen LogP contribution < -0.4 is 5.11 Å². The summed E-state index contributed by atoms with van der Waals surface area (Å²) < 4.78 is 17.1. The van der Waals surface area contributed by atoms with E-state index in [1.165, 1.54) is 19.3 Å². The maximum absolute atomic E-state index is 12.8. The molecule has 0 saturated heterocycles. The van der Waals surface area contributed by atoms with Crippen molar-refractivity contribution in [3.8, 4) is 0 Å². The topological polar surface area (TPSA) is 102 Å². The summed E-state index contributed by atoms with van der Waals surface area (Å²) in [7, 11) is 5.37. The SMILES string of the molecule is CC/C=C/C=C/C=C/C=C/C=C/C=C/C=C/CCCCCC(=O)OCC(COCCC(C(=O)[O-])[N+](C)(C)C)OC(=O)CCCCCCCCC/C=C/C/C=C/C/C=C/C/C=C/CC. The van der Waals surface area contributed by atoms with E-state index in [2.05, 4.69) is 74.6 Å². The van der Waals surface area contributed by atoms with Gasteiger partial charge in [0.15, 0.2) is 6.10 Å². The number of nitrogens with zero attached hydrogens (tertiary/aromatic N) is 1. The van der Waals surface area contributed by atoms with Crippen LogP contribution in [0.4, 0.5) is 0 Å². The number of unbranched alkanes of at least 4 members (excludes halogenated alkanes) is 10. The van der Waals surface area contributed by atoms with Gasteiger partial charge in [-0.3, -0.25) is 9.59 Å². The van der Waals surface area contributed by atoms with Crippen LogP contribution in [0.1, 0.15) is 142 Å². The van der Waals surface area contributed by atoms with Crippen molar-refractivity contribution in [2.45, 2.75) is 154 Å². The second-order valence-electron chi connectivity index (χ2n) is 16.4. The number of quaternary nitrogens is 1. The van der Waals surface area contributed by atoms with E-state index in [-0.39, 0.29) is 55.5 Å². The lowest BCUT2D eigenvalue weighted by molar-refractivity contribution is -0.889. The minimum atomic E-state index is -1.14. The van der Waals surface area contributed by atoms with Gasteiger partial charge in [-0.25, -0.2) is 0 Å². The Bertz CT molecular complexity index is 1480. The third-order valence-electron chi connectivity index (χ3n) is 9.73. The molecule has 0 N–H and O–H groups in total. The first-order valence-corrected chi connectivity index (χ1v) is 23.8. The molecule has 8 nitrogen and oxygen atoms in total. The van der Waals surface area contributed by atoms with Crippen molar-refractivity contribution in [3.63, 3.8) is 0 Å². The Morgan fingerprint density at radius 1 is 0.492 bits per heavy atom. The van der Waals surface area contributed by atoms with E-state index >= 15 is 0 Å². The zero-order chi connectivity index (χ0) is 46.3. The van der Waals surface area contributed by atoms with Crippen LogP contribution in [0.5, 0.6) is 0 Å². The molecule has 0 aliphatic carbocycles. The molecule has 2 unspecified atom stereocenters. The normalized spacial score (nSPS) is 14.1. The van der Waals surface area contributed by atoms with E-state index in [1.54, 1.807) is 21.1 Å². The van der Waals surface area contributed by atoms with E-state index < -0.39 is 18.1 Å². The predicted octanol–water partition coefficient (Wildman–Crippen LogP) is 12.2. The molecule has 352 valence electrons. The van der Waals surface area contributed by atoms with Crippen LogP contribution in [0.25, 0.3) is 0 Å². The summed E-state index contributed by atoms with van der Waals surface area (Å²) >= 11 is 0. The van der Waals surface area contributed by atoms with Gasteiger partial charge in [-0.05, 0) is 70.6 Å². The predicted molar refractivity (Wildman–Crippen MR) is 263 cm³/mol. The molecule has 0 saturated carbocycles. The monoisotopic (exact) mass is 872 g/mol. The Balaban J connectivity index is 4.45. The number of esters is 2. The maximum Gasteiger partial charge on any atom is 0.306 e. The molecular formula is C55H85NO7. The number of likely N-dealkylation sites (N-methyl/N-ethyl adjacent to an activating group) is 1. The van der Waals surface area contributed by atoms with Crippen LogP contribution in [0.15, 0.2) is 134 Å². The molecule has 0 aromatic rings. The number of carboxylic acid groups (broad SMARTS) is 1. The summed E-state index contributed by atoms with van der Waals surface area (Å²) in [5.74, 6) is -1.83. The average molecular weight is 872 g/mol. The smallest absolute Gasteiger partial charge is 0.306 e. The second kappa shape index (κ2) is 44.1. The molecule has 0 amide bonds. The highest BCUT2D eigenvalue weighted by Gasteiger charge is 2.25. The van der Waals surface area contributed by atoms with Crippen molar-refractivity contribution in [3.05, 3.63) is 134 Å². The zero-order valence-corrected chi connectivity index (χ0v) is 39.9. The molecule has 0 aromatic heterocycles. The van der Waals surface area contributed by atoms with Gasteiger partial charge in [0.05, 0.1) is 40.3 Å². The van der Waals surface area contributed by atoms with E-state index in [9.17, 15) is 19.5 Å². The Hall–Kier alpha value is -4.53. The van der Waals surface area contributed by atoms with Crippen LogP contribution in [-0.4, -0.2) is 75.5 Å². The van der Waals surface area contributed by atoms with Gasteiger partial charge in [-0.15, -0.1) is 0 Å². The Morgan fingerprint density at radius 3 is 1.44 bits per heavy atom. The molecular weight excluding hydrogens is 787 g/mol. The molecule has 8 heteroatoms. The lowest BCUT2D eigenvalue weighted by Gasteiger charge is -2.34.